The van der Waals surface area contributed by atoms with Crippen molar-refractivity contribution in [2.24, 2.45) is 5.73 Å². The van der Waals surface area contributed by atoms with Crippen molar-refractivity contribution in [3.05, 3.63) is 17.7 Å². The lowest BCUT2D eigenvalue weighted by Gasteiger charge is -2.12. The number of imidazole rings is 1. The molecule has 0 amide bonds. The first kappa shape index (κ1) is 9.73. The van der Waals surface area contributed by atoms with E-state index in [-0.39, 0.29) is 11.9 Å². The molecule has 72 valence electrons. The fourth-order valence-electron chi connectivity index (χ4n) is 1.28. The summed E-state index contributed by atoms with van der Waals surface area (Å²) in [5, 5.41) is 8.80. The van der Waals surface area contributed by atoms with Crippen LogP contribution in [0.5, 0.6) is 0 Å². The highest BCUT2D eigenvalue weighted by atomic mass is 16.4. The van der Waals surface area contributed by atoms with Gasteiger partial charge in [-0.1, -0.05) is 0 Å². The lowest BCUT2D eigenvalue weighted by atomic mass is 10.3. The third-order valence-corrected chi connectivity index (χ3v) is 1.79. The number of hydrogen-bond donors (Lipinski definition) is 2. The van der Waals surface area contributed by atoms with Crippen molar-refractivity contribution in [1.29, 1.82) is 0 Å². The molecule has 0 saturated carbocycles. The van der Waals surface area contributed by atoms with Gasteiger partial charge in [-0.15, -0.1) is 0 Å². The Hall–Kier alpha value is -1.36. The second-order valence-electron chi connectivity index (χ2n) is 3.05. The summed E-state index contributed by atoms with van der Waals surface area (Å²) in [6, 6.07) is 0.0622. The molecule has 3 N–H and O–H groups in total. The first-order valence-electron chi connectivity index (χ1n) is 4.07. The molecule has 1 aromatic heterocycles. The molecule has 0 radical (unpaired) electrons. The van der Waals surface area contributed by atoms with E-state index in [1.807, 2.05) is 13.8 Å². The number of nitrogens with two attached hydrogens (primary N) is 1. The number of aromatic carboxylic acids is 1. The van der Waals surface area contributed by atoms with Gasteiger partial charge in [0.2, 0.25) is 5.82 Å². The zero-order valence-corrected chi connectivity index (χ0v) is 7.69. The maximum atomic E-state index is 10.7. The standard InChI is InChI=1S/C8H13N3O2/c1-5(2)11-6(3-9)4-10-7(11)8(12)13/h4-5H,3,9H2,1-2H3,(H,12,13). The number of carbonyl (C=O) groups is 1. The molecule has 1 heterocycles. The number of rotatable bonds is 3. The molecule has 0 unspecified atom stereocenters. The molecule has 1 rings (SSSR count). The second-order valence-corrected chi connectivity index (χ2v) is 3.05. The van der Waals surface area contributed by atoms with Crippen LogP contribution in [0.15, 0.2) is 6.20 Å². The molecule has 0 spiro atoms. The summed E-state index contributed by atoms with van der Waals surface area (Å²) in [5.41, 5.74) is 6.19. The van der Waals surface area contributed by atoms with Crippen molar-refractivity contribution in [1.82, 2.24) is 9.55 Å². The molecule has 5 nitrogen and oxygen atoms in total. The van der Waals surface area contributed by atoms with E-state index >= 15 is 0 Å². The summed E-state index contributed by atoms with van der Waals surface area (Å²) in [7, 11) is 0. The largest absolute Gasteiger partial charge is 0.475 e. The van der Waals surface area contributed by atoms with Gasteiger partial charge in [-0.05, 0) is 13.8 Å². The zero-order chi connectivity index (χ0) is 10.0. The smallest absolute Gasteiger partial charge is 0.372 e. The Balaban J connectivity index is 3.22. The van der Waals surface area contributed by atoms with Gasteiger partial charge in [-0.2, -0.15) is 0 Å². The van der Waals surface area contributed by atoms with E-state index in [0.29, 0.717) is 6.54 Å². The maximum Gasteiger partial charge on any atom is 0.372 e. The average Bonchev–Trinajstić information content (AvgIpc) is 2.46. The molecule has 0 saturated heterocycles. The van der Waals surface area contributed by atoms with Crippen LogP contribution in [0, 0.1) is 0 Å². The van der Waals surface area contributed by atoms with E-state index in [1.165, 1.54) is 6.20 Å². The van der Waals surface area contributed by atoms with Gasteiger partial charge in [0.15, 0.2) is 0 Å². The number of hydrogen-bond acceptors (Lipinski definition) is 3. The highest BCUT2D eigenvalue weighted by Gasteiger charge is 2.16. The van der Waals surface area contributed by atoms with Crippen molar-refractivity contribution in [3.8, 4) is 0 Å². The number of nitrogens with zero attached hydrogens (tertiary/aromatic N) is 2. The molecule has 5 heteroatoms. The van der Waals surface area contributed by atoms with Gasteiger partial charge >= 0.3 is 5.97 Å². The zero-order valence-electron chi connectivity index (χ0n) is 7.69. The molecule has 0 bridgehead atoms. The van der Waals surface area contributed by atoms with Crippen LogP contribution in [0.4, 0.5) is 0 Å². The minimum absolute atomic E-state index is 0.0513. The van der Waals surface area contributed by atoms with Crippen molar-refractivity contribution < 1.29 is 9.90 Å². The predicted octanol–water partition coefficient (Wildman–Crippen LogP) is 0.621. The third-order valence-electron chi connectivity index (χ3n) is 1.79. The lowest BCUT2D eigenvalue weighted by Crippen LogP contribution is -2.15. The fraction of sp³-hybridized carbons (Fsp3) is 0.500. The highest BCUT2D eigenvalue weighted by molar-refractivity contribution is 5.83. The maximum absolute atomic E-state index is 10.7. The summed E-state index contributed by atoms with van der Waals surface area (Å²) < 4.78 is 1.63. The van der Waals surface area contributed by atoms with Crippen molar-refractivity contribution >= 4 is 5.97 Å². The van der Waals surface area contributed by atoms with Crippen molar-refractivity contribution in [3.63, 3.8) is 0 Å². The quantitative estimate of drug-likeness (QED) is 0.719. The summed E-state index contributed by atoms with van der Waals surface area (Å²) in [4.78, 5) is 14.5. The van der Waals surface area contributed by atoms with Crippen LogP contribution < -0.4 is 5.73 Å². The molecule has 0 aliphatic heterocycles. The second kappa shape index (κ2) is 3.57. The Morgan fingerprint density at radius 3 is 2.77 bits per heavy atom. The topological polar surface area (TPSA) is 81.1 Å². The normalized spacial score (nSPS) is 10.8. The van der Waals surface area contributed by atoms with E-state index in [1.54, 1.807) is 4.57 Å². The molecule has 0 aromatic carbocycles. The van der Waals surface area contributed by atoms with Crippen LogP contribution in [0.2, 0.25) is 0 Å². The Morgan fingerprint density at radius 1 is 1.77 bits per heavy atom. The molecular weight excluding hydrogens is 170 g/mol. The Kier molecular flexibility index (Phi) is 2.67. The first-order chi connectivity index (χ1) is 6.07. The van der Waals surface area contributed by atoms with Gasteiger partial charge in [0, 0.05) is 12.6 Å². The third kappa shape index (κ3) is 1.70. The summed E-state index contributed by atoms with van der Waals surface area (Å²) in [6.07, 6.45) is 1.50. The van der Waals surface area contributed by atoms with Gasteiger partial charge in [-0.3, -0.25) is 0 Å². The van der Waals surface area contributed by atoms with Gasteiger partial charge in [0.1, 0.15) is 0 Å². The van der Waals surface area contributed by atoms with Crippen LogP contribution in [0.1, 0.15) is 36.2 Å². The number of carboxylic acid groups (broad SMARTS) is 1. The van der Waals surface area contributed by atoms with Gasteiger partial charge in [0.25, 0.3) is 0 Å². The predicted molar refractivity (Wildman–Crippen MR) is 47.5 cm³/mol. The van der Waals surface area contributed by atoms with Crippen LogP contribution in [-0.2, 0) is 6.54 Å². The molecule has 0 aliphatic rings. The Morgan fingerprint density at radius 2 is 2.38 bits per heavy atom. The number of aromatic nitrogens is 2. The average molecular weight is 183 g/mol. The van der Waals surface area contributed by atoms with Crippen LogP contribution in [-0.4, -0.2) is 20.6 Å². The highest BCUT2D eigenvalue weighted by Crippen LogP contribution is 2.12. The Labute approximate surface area is 76.2 Å². The summed E-state index contributed by atoms with van der Waals surface area (Å²) >= 11 is 0. The molecule has 0 aliphatic carbocycles. The van der Waals surface area contributed by atoms with E-state index in [9.17, 15) is 4.79 Å². The minimum atomic E-state index is -1.02. The molecule has 1 aromatic rings. The molecule has 0 fully saturated rings. The summed E-state index contributed by atoms with van der Waals surface area (Å²) in [5.74, 6) is -0.969. The molecule has 0 atom stereocenters. The van der Waals surface area contributed by atoms with E-state index in [4.69, 9.17) is 10.8 Å². The van der Waals surface area contributed by atoms with Gasteiger partial charge in [-0.25, -0.2) is 9.78 Å². The number of carboxylic acids is 1. The molecule has 13 heavy (non-hydrogen) atoms. The van der Waals surface area contributed by atoms with Crippen LogP contribution in [0.25, 0.3) is 0 Å². The SMILES string of the molecule is CC(C)n1c(CN)cnc1C(=O)O. The first-order valence-corrected chi connectivity index (χ1v) is 4.07. The molecular formula is C8H13N3O2. The summed E-state index contributed by atoms with van der Waals surface area (Å²) in [6.45, 7) is 4.10. The minimum Gasteiger partial charge on any atom is -0.475 e. The van der Waals surface area contributed by atoms with Crippen LogP contribution >= 0.6 is 0 Å². The fourth-order valence-corrected chi connectivity index (χ4v) is 1.28. The van der Waals surface area contributed by atoms with Crippen LogP contribution in [0.3, 0.4) is 0 Å². The van der Waals surface area contributed by atoms with Crippen molar-refractivity contribution in [2.75, 3.05) is 0 Å². The van der Waals surface area contributed by atoms with Gasteiger partial charge in [0.05, 0.1) is 11.9 Å². The Bertz CT molecular complexity index is 317. The lowest BCUT2D eigenvalue weighted by molar-refractivity contribution is 0.0676. The monoisotopic (exact) mass is 183 g/mol. The van der Waals surface area contributed by atoms with Crippen molar-refractivity contribution in [2.45, 2.75) is 26.4 Å². The van der Waals surface area contributed by atoms with Gasteiger partial charge < -0.3 is 15.4 Å². The van der Waals surface area contributed by atoms with E-state index in [0.717, 1.165) is 5.69 Å². The van der Waals surface area contributed by atoms with E-state index < -0.39 is 5.97 Å². The van der Waals surface area contributed by atoms with E-state index in [2.05, 4.69) is 4.98 Å².